The topological polar surface area (TPSA) is 35.6 Å². The van der Waals surface area contributed by atoms with Gasteiger partial charge in [0.05, 0.1) is 11.1 Å². The van der Waals surface area contributed by atoms with E-state index in [4.69, 9.17) is 23.2 Å². The van der Waals surface area contributed by atoms with Crippen LogP contribution in [-0.2, 0) is 0 Å². The van der Waals surface area contributed by atoms with Crippen molar-refractivity contribution in [2.45, 2.75) is 32.4 Å². The van der Waals surface area contributed by atoms with Gasteiger partial charge in [-0.25, -0.2) is 4.79 Å². The lowest BCUT2D eigenvalue weighted by molar-refractivity contribution is 0.189. The molecule has 20 heavy (non-hydrogen) atoms. The van der Waals surface area contributed by atoms with Crippen molar-refractivity contribution in [2.24, 2.45) is 0 Å². The fourth-order valence-corrected chi connectivity index (χ4v) is 2.46. The summed E-state index contributed by atoms with van der Waals surface area (Å²) in [6.07, 6.45) is 0.997. The van der Waals surface area contributed by atoms with E-state index in [-0.39, 0.29) is 18.1 Å². The van der Waals surface area contributed by atoms with Gasteiger partial charge in [0, 0.05) is 24.7 Å². The molecule has 114 valence electrons. The monoisotopic (exact) mass is 319 g/mol. The molecule has 1 rings (SSSR count). The molecular formula is C14H23Cl2N3O. The standard InChI is InChI=1S/C14H23Cl2N3O/c1-9(13(16)10(2)15)11(3)17-14(20)19(5)12-6-7-18(4)8-12/h11-12H,1,6-8H2,2-5H3,(H,17,20). The molecule has 2 unspecified atom stereocenters. The van der Waals surface area contributed by atoms with Crippen molar-refractivity contribution in [3.05, 3.63) is 22.2 Å². The van der Waals surface area contributed by atoms with E-state index in [1.807, 2.05) is 14.0 Å². The smallest absolute Gasteiger partial charge is 0.317 e. The van der Waals surface area contributed by atoms with Gasteiger partial charge in [-0.3, -0.25) is 0 Å². The predicted molar refractivity (Wildman–Crippen MR) is 85.2 cm³/mol. The van der Waals surface area contributed by atoms with Crippen LogP contribution in [0.3, 0.4) is 0 Å². The van der Waals surface area contributed by atoms with Crippen LogP contribution in [0.4, 0.5) is 4.79 Å². The first kappa shape index (κ1) is 17.3. The minimum absolute atomic E-state index is 0.115. The number of urea groups is 1. The van der Waals surface area contributed by atoms with E-state index in [1.54, 1.807) is 11.8 Å². The quantitative estimate of drug-likeness (QED) is 0.808. The van der Waals surface area contributed by atoms with Crippen molar-refractivity contribution in [1.29, 1.82) is 0 Å². The third-order valence-corrected chi connectivity index (χ3v) is 4.49. The molecular weight excluding hydrogens is 297 g/mol. The maximum atomic E-state index is 12.2. The van der Waals surface area contributed by atoms with Crippen LogP contribution in [0, 0.1) is 0 Å². The van der Waals surface area contributed by atoms with Gasteiger partial charge in [0.25, 0.3) is 0 Å². The number of hydrogen-bond acceptors (Lipinski definition) is 2. The Morgan fingerprint density at radius 2 is 2.10 bits per heavy atom. The molecule has 0 saturated carbocycles. The Morgan fingerprint density at radius 1 is 1.50 bits per heavy atom. The predicted octanol–water partition coefficient (Wildman–Crippen LogP) is 2.99. The Bertz CT molecular complexity index is 419. The molecule has 2 atom stereocenters. The highest BCUT2D eigenvalue weighted by atomic mass is 35.5. The Hall–Kier alpha value is -0.710. The summed E-state index contributed by atoms with van der Waals surface area (Å²) in [5.74, 6) is 0. The SMILES string of the molecule is C=C(C(Cl)=C(C)Cl)C(C)NC(=O)N(C)C1CCN(C)C1. The third-order valence-electron chi connectivity index (χ3n) is 3.68. The summed E-state index contributed by atoms with van der Waals surface area (Å²) in [6.45, 7) is 9.35. The lowest BCUT2D eigenvalue weighted by atomic mass is 10.1. The van der Waals surface area contributed by atoms with E-state index in [0.717, 1.165) is 19.5 Å². The maximum Gasteiger partial charge on any atom is 0.317 e. The van der Waals surface area contributed by atoms with E-state index < -0.39 is 0 Å². The Labute approximate surface area is 131 Å². The lowest BCUT2D eigenvalue weighted by Crippen LogP contribution is -2.47. The van der Waals surface area contributed by atoms with Crippen LogP contribution < -0.4 is 5.32 Å². The summed E-state index contributed by atoms with van der Waals surface area (Å²) in [7, 11) is 3.88. The minimum Gasteiger partial charge on any atom is -0.331 e. The zero-order valence-electron chi connectivity index (χ0n) is 12.5. The summed E-state index contributed by atoms with van der Waals surface area (Å²) in [5.41, 5.74) is 0.615. The van der Waals surface area contributed by atoms with E-state index >= 15 is 0 Å². The molecule has 0 radical (unpaired) electrons. The number of hydrogen-bond donors (Lipinski definition) is 1. The van der Waals surface area contributed by atoms with Crippen molar-refractivity contribution in [3.8, 4) is 0 Å². The van der Waals surface area contributed by atoms with Crippen molar-refractivity contribution >= 4 is 29.2 Å². The van der Waals surface area contributed by atoms with Crippen LogP contribution >= 0.6 is 23.2 Å². The van der Waals surface area contributed by atoms with E-state index in [9.17, 15) is 4.79 Å². The molecule has 0 aromatic carbocycles. The Balaban J connectivity index is 2.57. The number of nitrogens with zero attached hydrogens (tertiary/aromatic N) is 2. The van der Waals surface area contributed by atoms with Gasteiger partial charge in [0.15, 0.2) is 0 Å². The number of likely N-dealkylation sites (N-methyl/N-ethyl adjacent to an activating group) is 2. The van der Waals surface area contributed by atoms with Crippen LogP contribution in [0.1, 0.15) is 20.3 Å². The number of carbonyl (C=O) groups excluding carboxylic acids is 1. The molecule has 0 aliphatic carbocycles. The molecule has 0 aromatic heterocycles. The molecule has 1 fully saturated rings. The number of allylic oxidation sites excluding steroid dienone is 1. The average Bonchev–Trinajstić information content (AvgIpc) is 2.82. The molecule has 1 heterocycles. The number of likely N-dealkylation sites (tertiary alicyclic amines) is 1. The number of rotatable bonds is 4. The van der Waals surface area contributed by atoms with Crippen molar-refractivity contribution in [2.75, 3.05) is 27.2 Å². The summed E-state index contributed by atoms with van der Waals surface area (Å²) in [4.78, 5) is 16.2. The zero-order valence-corrected chi connectivity index (χ0v) is 14.1. The number of halogens is 2. The third kappa shape index (κ3) is 4.40. The van der Waals surface area contributed by atoms with E-state index in [1.165, 1.54) is 0 Å². The first-order valence-electron chi connectivity index (χ1n) is 6.67. The molecule has 2 amide bonds. The molecule has 0 bridgehead atoms. The molecule has 0 aromatic rings. The normalized spacial score (nSPS) is 22.2. The largest absolute Gasteiger partial charge is 0.331 e. The van der Waals surface area contributed by atoms with Crippen molar-refractivity contribution in [1.82, 2.24) is 15.1 Å². The molecule has 4 nitrogen and oxygen atoms in total. The van der Waals surface area contributed by atoms with Crippen LogP contribution in [0.5, 0.6) is 0 Å². The second-order valence-corrected chi connectivity index (χ2v) is 6.30. The van der Waals surface area contributed by atoms with Crippen LogP contribution in [0.15, 0.2) is 22.2 Å². The van der Waals surface area contributed by atoms with Gasteiger partial charge in [-0.1, -0.05) is 29.8 Å². The second-order valence-electron chi connectivity index (χ2n) is 5.36. The Kier molecular flexibility index (Phi) is 6.37. The van der Waals surface area contributed by atoms with Gasteiger partial charge in [-0.15, -0.1) is 0 Å². The maximum absolute atomic E-state index is 12.2. The number of amides is 2. The van der Waals surface area contributed by atoms with E-state index in [2.05, 4.69) is 23.8 Å². The highest BCUT2D eigenvalue weighted by Gasteiger charge is 2.27. The van der Waals surface area contributed by atoms with Crippen LogP contribution in [0.2, 0.25) is 0 Å². The molecule has 1 saturated heterocycles. The van der Waals surface area contributed by atoms with Gasteiger partial charge < -0.3 is 15.1 Å². The highest BCUT2D eigenvalue weighted by Crippen LogP contribution is 2.23. The lowest BCUT2D eigenvalue weighted by Gasteiger charge is -2.27. The summed E-state index contributed by atoms with van der Waals surface area (Å²) in [5, 5.41) is 3.78. The Morgan fingerprint density at radius 3 is 2.55 bits per heavy atom. The molecule has 1 N–H and O–H groups in total. The summed E-state index contributed by atoms with van der Waals surface area (Å²) in [6, 6.07) is -0.123. The molecule has 1 aliphatic rings. The van der Waals surface area contributed by atoms with E-state index in [0.29, 0.717) is 15.6 Å². The van der Waals surface area contributed by atoms with Gasteiger partial charge in [0.2, 0.25) is 0 Å². The average molecular weight is 320 g/mol. The van der Waals surface area contributed by atoms with Gasteiger partial charge >= 0.3 is 6.03 Å². The van der Waals surface area contributed by atoms with Gasteiger partial charge in [-0.05, 0) is 39.4 Å². The van der Waals surface area contributed by atoms with Crippen LogP contribution in [-0.4, -0.2) is 55.1 Å². The van der Waals surface area contributed by atoms with Gasteiger partial charge in [0.1, 0.15) is 0 Å². The molecule has 0 spiro atoms. The fraction of sp³-hybridized carbons (Fsp3) is 0.643. The fourth-order valence-electron chi connectivity index (χ4n) is 2.18. The summed E-state index contributed by atoms with van der Waals surface area (Å²) >= 11 is 11.9. The van der Waals surface area contributed by atoms with Crippen molar-refractivity contribution in [3.63, 3.8) is 0 Å². The first-order valence-corrected chi connectivity index (χ1v) is 7.42. The van der Waals surface area contributed by atoms with Gasteiger partial charge in [-0.2, -0.15) is 0 Å². The van der Waals surface area contributed by atoms with Crippen LogP contribution in [0.25, 0.3) is 0 Å². The second kappa shape index (κ2) is 7.34. The van der Waals surface area contributed by atoms with Crippen molar-refractivity contribution < 1.29 is 4.79 Å². The first-order chi connectivity index (χ1) is 9.23. The molecule has 6 heteroatoms. The zero-order chi connectivity index (χ0) is 15.4. The minimum atomic E-state index is -0.259. The molecule has 1 aliphatic heterocycles. The number of carbonyl (C=O) groups is 1. The highest BCUT2D eigenvalue weighted by molar-refractivity contribution is 6.40. The number of nitrogens with one attached hydrogen (secondary N) is 1. The summed E-state index contributed by atoms with van der Waals surface area (Å²) < 4.78 is 0.